The fraction of sp³-hybridized carbons (Fsp3) is 0.333. The van der Waals surface area contributed by atoms with Gasteiger partial charge in [0.25, 0.3) is 0 Å². The molecule has 0 aliphatic rings. The number of carbonyl (C=O) groups is 2. The number of halogens is 2. The highest BCUT2D eigenvalue weighted by Crippen LogP contribution is 2.17. The summed E-state index contributed by atoms with van der Waals surface area (Å²) in [7, 11) is 0. The third-order valence-electron chi connectivity index (χ3n) is 3.77. The van der Waals surface area contributed by atoms with E-state index in [2.05, 4.69) is 0 Å². The molecule has 0 saturated carbocycles. The summed E-state index contributed by atoms with van der Waals surface area (Å²) in [6.45, 7) is 2.42. The average Bonchev–Trinajstić information content (AvgIpc) is 2.63. The maximum absolute atomic E-state index is 10.3. The first-order valence-corrected chi connectivity index (χ1v) is 9.60. The van der Waals surface area contributed by atoms with E-state index in [1.54, 1.807) is 24.3 Å². The van der Waals surface area contributed by atoms with E-state index in [0.717, 1.165) is 12.0 Å². The van der Waals surface area contributed by atoms with E-state index in [1.165, 1.54) is 5.56 Å². The lowest BCUT2D eigenvalue weighted by atomic mass is 10.0. The number of carboxylic acids is 2. The first-order chi connectivity index (χ1) is 13.3. The van der Waals surface area contributed by atoms with Gasteiger partial charge in [0.15, 0.2) is 0 Å². The lowest BCUT2D eigenvalue weighted by molar-refractivity contribution is -0.138. The lowest BCUT2D eigenvalue weighted by Crippen LogP contribution is -2.01. The normalized spacial score (nSPS) is 9.96. The maximum Gasteiger partial charge on any atom is 0.303 e. The second-order valence-electron chi connectivity index (χ2n) is 6.12. The van der Waals surface area contributed by atoms with Gasteiger partial charge in [-0.2, -0.15) is 0 Å². The molecular weight excluding hydrogens is 403 g/mol. The van der Waals surface area contributed by atoms with Gasteiger partial charge in [0.2, 0.25) is 0 Å². The van der Waals surface area contributed by atoms with E-state index < -0.39 is 11.9 Å². The van der Waals surface area contributed by atoms with Gasteiger partial charge in [0.05, 0.1) is 6.61 Å². The highest BCUT2D eigenvalue weighted by Gasteiger charge is 2.02. The fourth-order valence-electron chi connectivity index (χ4n) is 2.28. The van der Waals surface area contributed by atoms with Crippen LogP contribution in [0.3, 0.4) is 0 Å². The van der Waals surface area contributed by atoms with Gasteiger partial charge in [-0.25, -0.2) is 0 Å². The van der Waals surface area contributed by atoms with Gasteiger partial charge in [-0.3, -0.25) is 9.59 Å². The van der Waals surface area contributed by atoms with Crippen LogP contribution >= 0.6 is 23.2 Å². The molecule has 0 amide bonds. The molecule has 0 spiro atoms. The minimum absolute atomic E-state index is 0.133. The van der Waals surface area contributed by atoms with Crippen LogP contribution in [0.1, 0.15) is 36.8 Å². The quantitative estimate of drug-likeness (QED) is 0.506. The summed E-state index contributed by atoms with van der Waals surface area (Å²) in [5, 5.41) is 18.2. The number of ether oxygens (including phenoxy) is 1. The van der Waals surface area contributed by atoms with E-state index >= 15 is 0 Å². The number of hydrogen-bond donors (Lipinski definition) is 2. The van der Waals surface area contributed by atoms with Crippen molar-refractivity contribution in [1.29, 1.82) is 0 Å². The Morgan fingerprint density at radius 1 is 0.893 bits per heavy atom. The van der Waals surface area contributed by atoms with Crippen molar-refractivity contribution in [2.45, 2.75) is 39.0 Å². The summed E-state index contributed by atoms with van der Waals surface area (Å²) < 4.78 is 5.29. The molecule has 152 valence electrons. The van der Waals surface area contributed by atoms with Crippen molar-refractivity contribution in [3.8, 4) is 5.75 Å². The molecule has 2 aromatic rings. The third kappa shape index (κ3) is 10.8. The summed E-state index contributed by atoms with van der Waals surface area (Å²) in [6.07, 6.45) is 2.30. The molecule has 0 unspecified atom stereocenters. The summed E-state index contributed by atoms with van der Waals surface area (Å²) in [5.74, 6) is -0.839. The van der Waals surface area contributed by atoms with Crippen molar-refractivity contribution < 1.29 is 24.5 Å². The van der Waals surface area contributed by atoms with Crippen LogP contribution in [-0.2, 0) is 16.0 Å². The number of hydrogen-bond acceptors (Lipinski definition) is 3. The average molecular weight is 427 g/mol. The summed E-state index contributed by atoms with van der Waals surface area (Å²) >= 11 is 11.5. The molecule has 0 aliphatic carbocycles. The molecule has 0 atom stereocenters. The number of benzene rings is 2. The SMILES string of the molecule is Cc1ccc(Cl)cc1CCCC(=O)O.O=C(O)CCCOc1ccc(Cl)cc1. The number of aliphatic carboxylic acids is 2. The predicted octanol–water partition coefficient (Wildman–Crippen LogP) is 5.64. The Balaban J connectivity index is 0.000000280. The molecule has 0 heterocycles. The largest absolute Gasteiger partial charge is 0.494 e. The monoisotopic (exact) mass is 426 g/mol. The predicted molar refractivity (Wildman–Crippen MR) is 111 cm³/mol. The summed E-state index contributed by atoms with van der Waals surface area (Å²) in [5.41, 5.74) is 2.30. The Bertz CT molecular complexity index is 760. The van der Waals surface area contributed by atoms with Gasteiger partial charge in [0.1, 0.15) is 5.75 Å². The summed E-state index contributed by atoms with van der Waals surface area (Å²) in [4.78, 5) is 20.5. The molecule has 5 nitrogen and oxygen atoms in total. The van der Waals surface area contributed by atoms with Crippen LogP contribution in [0.4, 0.5) is 0 Å². The molecule has 0 fully saturated rings. The Morgan fingerprint density at radius 2 is 1.46 bits per heavy atom. The fourth-order valence-corrected chi connectivity index (χ4v) is 2.60. The van der Waals surface area contributed by atoms with E-state index in [-0.39, 0.29) is 12.8 Å². The molecule has 7 heteroatoms. The topological polar surface area (TPSA) is 83.8 Å². The van der Waals surface area contributed by atoms with Gasteiger partial charge < -0.3 is 14.9 Å². The number of carboxylic acid groups (broad SMARTS) is 2. The Kier molecular flexibility index (Phi) is 11.1. The van der Waals surface area contributed by atoms with Crippen molar-refractivity contribution >= 4 is 35.1 Å². The molecule has 2 rings (SSSR count). The summed E-state index contributed by atoms with van der Waals surface area (Å²) in [6, 6.07) is 12.7. The van der Waals surface area contributed by atoms with Gasteiger partial charge in [-0.1, -0.05) is 29.3 Å². The number of aryl methyl sites for hydroxylation is 2. The Labute approximate surface area is 174 Å². The zero-order valence-corrected chi connectivity index (χ0v) is 17.2. The van der Waals surface area contributed by atoms with Crippen molar-refractivity contribution in [3.63, 3.8) is 0 Å². The number of rotatable bonds is 9. The molecule has 0 saturated heterocycles. The van der Waals surface area contributed by atoms with Crippen LogP contribution < -0.4 is 4.74 Å². The van der Waals surface area contributed by atoms with E-state index in [4.69, 9.17) is 38.2 Å². The van der Waals surface area contributed by atoms with E-state index in [9.17, 15) is 9.59 Å². The van der Waals surface area contributed by atoms with Crippen LogP contribution in [0.2, 0.25) is 10.0 Å². The van der Waals surface area contributed by atoms with Crippen molar-refractivity contribution in [2.75, 3.05) is 6.61 Å². The second-order valence-corrected chi connectivity index (χ2v) is 6.99. The minimum Gasteiger partial charge on any atom is -0.494 e. The molecule has 2 aromatic carbocycles. The smallest absolute Gasteiger partial charge is 0.303 e. The highest BCUT2D eigenvalue weighted by molar-refractivity contribution is 6.30. The van der Waals surface area contributed by atoms with Crippen LogP contribution in [0.15, 0.2) is 42.5 Å². The van der Waals surface area contributed by atoms with Crippen LogP contribution in [0.5, 0.6) is 5.75 Å². The molecule has 0 bridgehead atoms. The van der Waals surface area contributed by atoms with Crippen molar-refractivity contribution in [2.24, 2.45) is 0 Å². The van der Waals surface area contributed by atoms with E-state index in [0.29, 0.717) is 35.2 Å². The third-order valence-corrected chi connectivity index (χ3v) is 4.25. The molecule has 0 aliphatic heterocycles. The maximum atomic E-state index is 10.3. The molecule has 2 N–H and O–H groups in total. The molecule has 0 aromatic heterocycles. The van der Waals surface area contributed by atoms with Gasteiger partial charge in [-0.15, -0.1) is 0 Å². The standard InChI is InChI=1S/C11H13ClO2.C10H11ClO3/c1-8-5-6-10(12)7-9(8)3-2-4-11(13)14;11-8-3-5-9(6-4-8)14-7-1-2-10(12)13/h5-7H,2-4H2,1H3,(H,13,14);3-6H,1-2,7H2,(H,12,13). The lowest BCUT2D eigenvalue weighted by Gasteiger charge is -2.04. The van der Waals surface area contributed by atoms with Crippen LogP contribution in [0.25, 0.3) is 0 Å². The molecular formula is C21H24Cl2O5. The minimum atomic E-state index is -0.801. The van der Waals surface area contributed by atoms with Crippen molar-refractivity contribution in [3.05, 3.63) is 63.6 Å². The second kappa shape index (κ2) is 13.0. The Hall–Kier alpha value is -2.24. The van der Waals surface area contributed by atoms with Gasteiger partial charge >= 0.3 is 11.9 Å². The van der Waals surface area contributed by atoms with Crippen molar-refractivity contribution in [1.82, 2.24) is 0 Å². The zero-order chi connectivity index (χ0) is 20.9. The zero-order valence-electron chi connectivity index (χ0n) is 15.7. The van der Waals surface area contributed by atoms with Crippen LogP contribution in [0, 0.1) is 6.92 Å². The molecule has 0 radical (unpaired) electrons. The highest BCUT2D eigenvalue weighted by atomic mass is 35.5. The first-order valence-electron chi connectivity index (χ1n) is 8.85. The first kappa shape index (κ1) is 23.8. The Morgan fingerprint density at radius 3 is 2.07 bits per heavy atom. The van der Waals surface area contributed by atoms with Gasteiger partial charge in [0, 0.05) is 22.9 Å². The molecule has 28 heavy (non-hydrogen) atoms. The van der Waals surface area contributed by atoms with Gasteiger partial charge in [-0.05, 0) is 73.7 Å². The van der Waals surface area contributed by atoms with Crippen LogP contribution in [-0.4, -0.2) is 28.8 Å². The van der Waals surface area contributed by atoms with E-state index in [1.807, 2.05) is 25.1 Å².